The molecule has 0 aromatic heterocycles. The van der Waals surface area contributed by atoms with Crippen molar-refractivity contribution >= 4 is 28.9 Å². The summed E-state index contributed by atoms with van der Waals surface area (Å²) in [6.45, 7) is 0. The first-order valence-electron chi connectivity index (χ1n) is 5.72. The number of rotatable bonds is 3. The molecule has 20 heavy (non-hydrogen) atoms. The number of amides is 1. The number of nitrogens with two attached hydrogens (primary N) is 1. The average molecular weight is 295 g/mol. The first-order chi connectivity index (χ1) is 9.52. The fourth-order valence-electron chi connectivity index (χ4n) is 1.68. The number of benzene rings is 2. The minimum Gasteiger partial charge on any atom is -0.497 e. The van der Waals surface area contributed by atoms with E-state index in [1.165, 1.54) is 19.2 Å². The molecule has 0 saturated carbocycles. The molecular weight excluding hydrogens is 283 g/mol. The zero-order valence-electron chi connectivity index (χ0n) is 10.6. The van der Waals surface area contributed by atoms with E-state index >= 15 is 0 Å². The van der Waals surface area contributed by atoms with Crippen LogP contribution in [0.2, 0.25) is 5.02 Å². The van der Waals surface area contributed by atoms with Crippen LogP contribution >= 0.6 is 11.6 Å². The van der Waals surface area contributed by atoms with Gasteiger partial charge in [-0.25, -0.2) is 4.39 Å². The molecule has 0 aliphatic heterocycles. The van der Waals surface area contributed by atoms with Gasteiger partial charge in [-0.15, -0.1) is 0 Å². The molecule has 1 amide bonds. The molecule has 3 N–H and O–H groups in total. The standard InChI is InChI=1S/C14H12ClFN2O2/c1-20-8-5-6-12(11(17)7-8)18-14(19)13-9(15)3-2-4-10(13)16/h2-7H,17H2,1H3,(H,18,19). The summed E-state index contributed by atoms with van der Waals surface area (Å²) in [6.07, 6.45) is 0. The minimum absolute atomic E-state index is 0.0367. The maximum atomic E-state index is 13.6. The predicted molar refractivity (Wildman–Crippen MR) is 76.8 cm³/mol. The van der Waals surface area contributed by atoms with Gasteiger partial charge in [-0.1, -0.05) is 17.7 Å². The van der Waals surface area contributed by atoms with Crippen molar-refractivity contribution in [1.82, 2.24) is 0 Å². The molecule has 0 spiro atoms. The fourth-order valence-corrected chi connectivity index (χ4v) is 1.93. The van der Waals surface area contributed by atoms with Crippen molar-refractivity contribution in [3.63, 3.8) is 0 Å². The number of carbonyl (C=O) groups is 1. The third-order valence-electron chi connectivity index (χ3n) is 2.70. The Kier molecular flexibility index (Phi) is 4.10. The van der Waals surface area contributed by atoms with Crippen LogP contribution < -0.4 is 15.8 Å². The molecule has 0 radical (unpaired) electrons. The topological polar surface area (TPSA) is 64.3 Å². The maximum absolute atomic E-state index is 13.6. The Morgan fingerprint density at radius 1 is 1.35 bits per heavy atom. The number of halogens is 2. The first kappa shape index (κ1) is 14.1. The number of hydrogen-bond acceptors (Lipinski definition) is 3. The summed E-state index contributed by atoms with van der Waals surface area (Å²) in [5, 5.41) is 2.55. The van der Waals surface area contributed by atoms with E-state index in [0.29, 0.717) is 17.1 Å². The predicted octanol–water partition coefficient (Wildman–Crippen LogP) is 3.32. The van der Waals surface area contributed by atoms with Gasteiger partial charge >= 0.3 is 0 Å². The molecule has 6 heteroatoms. The number of hydrogen-bond donors (Lipinski definition) is 2. The second-order valence-electron chi connectivity index (χ2n) is 4.00. The highest BCUT2D eigenvalue weighted by Crippen LogP contribution is 2.26. The van der Waals surface area contributed by atoms with Crippen LogP contribution in [0.5, 0.6) is 5.75 Å². The molecule has 104 valence electrons. The second-order valence-corrected chi connectivity index (χ2v) is 4.41. The minimum atomic E-state index is -0.693. The Bertz CT molecular complexity index is 641. The molecule has 0 aliphatic rings. The van der Waals surface area contributed by atoms with E-state index in [1.807, 2.05) is 0 Å². The molecule has 0 fully saturated rings. The van der Waals surface area contributed by atoms with Crippen molar-refractivity contribution in [2.75, 3.05) is 18.2 Å². The summed E-state index contributed by atoms with van der Waals surface area (Å²) in [5.41, 5.74) is 6.23. The van der Waals surface area contributed by atoms with Gasteiger partial charge in [0.15, 0.2) is 0 Å². The molecule has 0 atom stereocenters. The van der Waals surface area contributed by atoms with Gasteiger partial charge < -0.3 is 15.8 Å². The van der Waals surface area contributed by atoms with E-state index in [9.17, 15) is 9.18 Å². The van der Waals surface area contributed by atoms with E-state index < -0.39 is 11.7 Å². The van der Waals surface area contributed by atoms with E-state index in [2.05, 4.69) is 5.32 Å². The first-order valence-corrected chi connectivity index (χ1v) is 6.09. The Labute approximate surface area is 120 Å². The highest BCUT2D eigenvalue weighted by molar-refractivity contribution is 6.34. The van der Waals surface area contributed by atoms with Gasteiger partial charge in [0, 0.05) is 6.07 Å². The summed E-state index contributed by atoms with van der Waals surface area (Å²) in [7, 11) is 1.51. The molecule has 0 bridgehead atoms. The van der Waals surface area contributed by atoms with E-state index in [1.54, 1.807) is 18.2 Å². The number of methoxy groups -OCH3 is 1. The lowest BCUT2D eigenvalue weighted by atomic mass is 10.2. The quantitative estimate of drug-likeness (QED) is 0.854. The summed E-state index contributed by atoms with van der Waals surface area (Å²) in [4.78, 5) is 12.0. The van der Waals surface area contributed by atoms with Crippen LogP contribution in [-0.4, -0.2) is 13.0 Å². The molecule has 2 aromatic rings. The summed E-state index contributed by atoms with van der Waals surface area (Å²) in [5.74, 6) is -0.795. The lowest BCUT2D eigenvalue weighted by molar-refractivity contribution is 0.102. The number of anilines is 2. The van der Waals surface area contributed by atoms with Gasteiger partial charge in [0.2, 0.25) is 0 Å². The SMILES string of the molecule is COc1ccc(NC(=O)c2c(F)cccc2Cl)c(N)c1. The smallest absolute Gasteiger partial charge is 0.260 e. The van der Waals surface area contributed by atoms with Gasteiger partial charge in [0.05, 0.1) is 29.1 Å². The van der Waals surface area contributed by atoms with Crippen LogP contribution in [0.25, 0.3) is 0 Å². The second kappa shape index (κ2) is 5.79. The van der Waals surface area contributed by atoms with Crippen LogP contribution in [0.1, 0.15) is 10.4 Å². The number of ether oxygens (including phenoxy) is 1. The molecular formula is C14H12ClFN2O2. The van der Waals surface area contributed by atoms with E-state index in [0.717, 1.165) is 6.07 Å². The van der Waals surface area contributed by atoms with Crippen molar-refractivity contribution in [3.05, 3.63) is 52.8 Å². The van der Waals surface area contributed by atoms with Crippen molar-refractivity contribution in [1.29, 1.82) is 0 Å². The Morgan fingerprint density at radius 3 is 2.70 bits per heavy atom. The summed E-state index contributed by atoms with van der Waals surface area (Å²) >= 11 is 5.83. The molecule has 2 rings (SSSR count). The largest absolute Gasteiger partial charge is 0.497 e. The molecule has 2 aromatic carbocycles. The molecule has 0 aliphatic carbocycles. The number of carbonyl (C=O) groups excluding carboxylic acids is 1. The van der Waals surface area contributed by atoms with E-state index in [-0.39, 0.29) is 10.6 Å². The van der Waals surface area contributed by atoms with Crippen molar-refractivity contribution in [3.8, 4) is 5.75 Å². The molecule has 0 saturated heterocycles. The average Bonchev–Trinajstić information content (AvgIpc) is 2.41. The summed E-state index contributed by atoms with van der Waals surface area (Å²) in [6, 6.07) is 8.79. The van der Waals surface area contributed by atoms with Gasteiger partial charge in [-0.3, -0.25) is 4.79 Å². The van der Waals surface area contributed by atoms with Crippen LogP contribution in [0.15, 0.2) is 36.4 Å². The fraction of sp³-hybridized carbons (Fsp3) is 0.0714. The highest BCUT2D eigenvalue weighted by atomic mass is 35.5. The zero-order chi connectivity index (χ0) is 14.7. The van der Waals surface area contributed by atoms with Crippen LogP contribution in [0, 0.1) is 5.82 Å². The Hall–Kier alpha value is -2.27. The van der Waals surface area contributed by atoms with Gasteiger partial charge in [-0.05, 0) is 24.3 Å². The lowest BCUT2D eigenvalue weighted by Gasteiger charge is -2.11. The van der Waals surface area contributed by atoms with Crippen molar-refractivity contribution in [2.24, 2.45) is 0 Å². The lowest BCUT2D eigenvalue weighted by Crippen LogP contribution is -2.15. The molecule has 0 heterocycles. The number of nitrogens with one attached hydrogen (secondary N) is 1. The third kappa shape index (κ3) is 2.83. The van der Waals surface area contributed by atoms with Crippen molar-refractivity contribution < 1.29 is 13.9 Å². The Morgan fingerprint density at radius 2 is 2.10 bits per heavy atom. The third-order valence-corrected chi connectivity index (χ3v) is 3.01. The van der Waals surface area contributed by atoms with Crippen LogP contribution in [-0.2, 0) is 0 Å². The molecule has 0 unspecified atom stereocenters. The molecule has 4 nitrogen and oxygen atoms in total. The summed E-state index contributed by atoms with van der Waals surface area (Å²) < 4.78 is 18.6. The van der Waals surface area contributed by atoms with E-state index in [4.69, 9.17) is 22.1 Å². The van der Waals surface area contributed by atoms with Crippen molar-refractivity contribution in [2.45, 2.75) is 0 Å². The van der Waals surface area contributed by atoms with Gasteiger partial charge in [0.25, 0.3) is 5.91 Å². The Balaban J connectivity index is 2.28. The van der Waals surface area contributed by atoms with Gasteiger partial charge in [-0.2, -0.15) is 0 Å². The zero-order valence-corrected chi connectivity index (χ0v) is 11.4. The highest BCUT2D eigenvalue weighted by Gasteiger charge is 2.16. The van der Waals surface area contributed by atoms with Crippen LogP contribution in [0.4, 0.5) is 15.8 Å². The normalized spacial score (nSPS) is 10.2. The number of nitrogen functional groups attached to an aromatic ring is 1. The monoisotopic (exact) mass is 294 g/mol. The van der Waals surface area contributed by atoms with Crippen LogP contribution in [0.3, 0.4) is 0 Å². The van der Waals surface area contributed by atoms with Gasteiger partial charge in [0.1, 0.15) is 11.6 Å². The maximum Gasteiger partial charge on any atom is 0.260 e.